The second kappa shape index (κ2) is 4.44. The molecule has 0 radical (unpaired) electrons. The maximum atomic E-state index is 11.3. The number of likely N-dealkylation sites (tertiary alicyclic amines) is 1. The van der Waals surface area contributed by atoms with Gasteiger partial charge in [-0.2, -0.15) is 0 Å². The molecule has 0 aromatic carbocycles. The van der Waals surface area contributed by atoms with Crippen LogP contribution in [0.3, 0.4) is 0 Å². The highest BCUT2D eigenvalue weighted by molar-refractivity contribution is 5.80. The summed E-state index contributed by atoms with van der Waals surface area (Å²) in [7, 11) is 0. The molecule has 1 heterocycles. The van der Waals surface area contributed by atoms with E-state index < -0.39 is 0 Å². The van der Waals surface area contributed by atoms with Crippen LogP contribution in [0.25, 0.3) is 0 Å². The predicted octanol–water partition coefficient (Wildman–Crippen LogP) is 0.379. The standard InChI is InChI=1S/C10H18N2O2/c1-4-9(13)12-5-8(6-12)11-10(14)7(2)3/h7-8H,4-6H2,1-3H3,(H,11,14). The van der Waals surface area contributed by atoms with Crippen molar-refractivity contribution in [2.75, 3.05) is 13.1 Å². The van der Waals surface area contributed by atoms with E-state index in [-0.39, 0.29) is 23.8 Å². The first-order valence-corrected chi connectivity index (χ1v) is 5.12. The van der Waals surface area contributed by atoms with Gasteiger partial charge >= 0.3 is 0 Å². The molecule has 0 aromatic heterocycles. The van der Waals surface area contributed by atoms with Crippen molar-refractivity contribution in [1.29, 1.82) is 0 Å². The van der Waals surface area contributed by atoms with Gasteiger partial charge in [-0.25, -0.2) is 0 Å². The summed E-state index contributed by atoms with van der Waals surface area (Å²) >= 11 is 0. The maximum absolute atomic E-state index is 11.3. The highest BCUT2D eigenvalue weighted by Gasteiger charge is 2.30. The molecule has 0 saturated carbocycles. The van der Waals surface area contributed by atoms with Gasteiger partial charge in [0, 0.05) is 25.4 Å². The second-order valence-corrected chi connectivity index (χ2v) is 4.01. The Morgan fingerprint density at radius 1 is 1.43 bits per heavy atom. The van der Waals surface area contributed by atoms with E-state index in [0.29, 0.717) is 19.5 Å². The lowest BCUT2D eigenvalue weighted by molar-refractivity contribution is -0.138. The molecular formula is C10H18N2O2. The Morgan fingerprint density at radius 3 is 2.43 bits per heavy atom. The quantitative estimate of drug-likeness (QED) is 0.712. The van der Waals surface area contributed by atoms with Crippen molar-refractivity contribution in [2.24, 2.45) is 5.92 Å². The van der Waals surface area contributed by atoms with Crippen LogP contribution in [0.15, 0.2) is 0 Å². The van der Waals surface area contributed by atoms with Crippen molar-refractivity contribution in [3.63, 3.8) is 0 Å². The van der Waals surface area contributed by atoms with Crippen LogP contribution in [0.4, 0.5) is 0 Å². The van der Waals surface area contributed by atoms with E-state index in [1.165, 1.54) is 0 Å². The summed E-state index contributed by atoms with van der Waals surface area (Å²) in [6, 6.07) is 0.167. The summed E-state index contributed by atoms with van der Waals surface area (Å²) in [4.78, 5) is 24.2. The Morgan fingerprint density at radius 2 is 2.00 bits per heavy atom. The number of hydrogen-bond acceptors (Lipinski definition) is 2. The molecule has 4 nitrogen and oxygen atoms in total. The maximum Gasteiger partial charge on any atom is 0.222 e. The molecule has 2 amide bonds. The van der Waals surface area contributed by atoms with Crippen LogP contribution in [0.1, 0.15) is 27.2 Å². The van der Waals surface area contributed by atoms with Crippen LogP contribution in [0.2, 0.25) is 0 Å². The van der Waals surface area contributed by atoms with Crippen molar-refractivity contribution in [3.05, 3.63) is 0 Å². The second-order valence-electron chi connectivity index (χ2n) is 4.01. The number of carbonyl (C=O) groups excluding carboxylic acids is 2. The zero-order valence-corrected chi connectivity index (χ0v) is 9.04. The lowest BCUT2D eigenvalue weighted by Gasteiger charge is -2.39. The SMILES string of the molecule is CCC(=O)N1CC(NC(=O)C(C)C)C1. The number of carbonyl (C=O) groups is 2. The van der Waals surface area contributed by atoms with E-state index in [9.17, 15) is 9.59 Å². The molecule has 1 N–H and O–H groups in total. The van der Waals surface area contributed by atoms with Gasteiger partial charge < -0.3 is 10.2 Å². The third kappa shape index (κ3) is 2.47. The van der Waals surface area contributed by atoms with Crippen LogP contribution in [-0.2, 0) is 9.59 Å². The van der Waals surface area contributed by atoms with Gasteiger partial charge in [0.1, 0.15) is 0 Å². The number of nitrogens with one attached hydrogen (secondary N) is 1. The predicted molar refractivity (Wildman–Crippen MR) is 53.6 cm³/mol. The lowest BCUT2D eigenvalue weighted by atomic mass is 10.1. The molecule has 1 rings (SSSR count). The summed E-state index contributed by atoms with van der Waals surface area (Å²) in [5.41, 5.74) is 0. The van der Waals surface area contributed by atoms with Crippen LogP contribution in [-0.4, -0.2) is 35.8 Å². The molecule has 0 unspecified atom stereocenters. The fourth-order valence-corrected chi connectivity index (χ4v) is 1.36. The van der Waals surface area contributed by atoms with Crippen LogP contribution in [0.5, 0.6) is 0 Å². The van der Waals surface area contributed by atoms with E-state index in [0.717, 1.165) is 0 Å². The van der Waals surface area contributed by atoms with Crippen molar-refractivity contribution in [3.8, 4) is 0 Å². The van der Waals surface area contributed by atoms with Crippen molar-refractivity contribution in [1.82, 2.24) is 10.2 Å². The Hall–Kier alpha value is -1.06. The molecule has 4 heteroatoms. The molecule has 14 heavy (non-hydrogen) atoms. The molecule has 1 aliphatic heterocycles. The molecule has 0 aromatic rings. The molecule has 0 bridgehead atoms. The Kier molecular flexibility index (Phi) is 3.49. The van der Waals surface area contributed by atoms with Crippen molar-refractivity contribution < 1.29 is 9.59 Å². The van der Waals surface area contributed by atoms with Crippen LogP contribution < -0.4 is 5.32 Å². The van der Waals surface area contributed by atoms with Crippen molar-refractivity contribution >= 4 is 11.8 Å². The average molecular weight is 198 g/mol. The van der Waals surface area contributed by atoms with Gasteiger partial charge in [0.25, 0.3) is 0 Å². The minimum Gasteiger partial charge on any atom is -0.350 e. The smallest absolute Gasteiger partial charge is 0.222 e. The van der Waals surface area contributed by atoms with Crippen LogP contribution >= 0.6 is 0 Å². The minimum atomic E-state index is 0.0194. The topological polar surface area (TPSA) is 49.4 Å². The fourth-order valence-electron chi connectivity index (χ4n) is 1.36. The summed E-state index contributed by atoms with van der Waals surface area (Å²) < 4.78 is 0. The molecule has 1 saturated heterocycles. The van der Waals surface area contributed by atoms with E-state index in [2.05, 4.69) is 5.32 Å². The van der Waals surface area contributed by atoms with Gasteiger partial charge in [-0.15, -0.1) is 0 Å². The first kappa shape index (κ1) is 11.0. The molecule has 0 atom stereocenters. The highest BCUT2D eigenvalue weighted by atomic mass is 16.2. The first-order valence-electron chi connectivity index (χ1n) is 5.12. The van der Waals surface area contributed by atoms with Gasteiger partial charge in [-0.3, -0.25) is 9.59 Å². The van der Waals surface area contributed by atoms with E-state index in [1.807, 2.05) is 20.8 Å². The monoisotopic (exact) mass is 198 g/mol. The fraction of sp³-hybridized carbons (Fsp3) is 0.800. The summed E-state index contributed by atoms with van der Waals surface area (Å²) in [6.45, 7) is 6.92. The number of amides is 2. The Labute approximate surface area is 84.7 Å². The normalized spacial score (nSPS) is 16.7. The third-order valence-electron chi connectivity index (χ3n) is 2.41. The highest BCUT2D eigenvalue weighted by Crippen LogP contribution is 2.09. The summed E-state index contributed by atoms with van der Waals surface area (Å²) in [5, 5.41) is 2.89. The van der Waals surface area contributed by atoms with Gasteiger partial charge in [0.05, 0.1) is 6.04 Å². The number of hydrogen-bond donors (Lipinski definition) is 1. The molecule has 1 fully saturated rings. The molecule has 0 spiro atoms. The molecule has 1 aliphatic rings. The zero-order chi connectivity index (χ0) is 10.7. The Bertz CT molecular complexity index is 232. The third-order valence-corrected chi connectivity index (χ3v) is 2.41. The lowest BCUT2D eigenvalue weighted by Crippen LogP contribution is -2.61. The molecule has 80 valence electrons. The number of nitrogens with zero attached hydrogens (tertiary/aromatic N) is 1. The number of rotatable bonds is 3. The van der Waals surface area contributed by atoms with Gasteiger partial charge in [-0.1, -0.05) is 20.8 Å². The van der Waals surface area contributed by atoms with E-state index >= 15 is 0 Å². The van der Waals surface area contributed by atoms with Crippen LogP contribution in [0, 0.1) is 5.92 Å². The van der Waals surface area contributed by atoms with Gasteiger partial charge in [0.15, 0.2) is 0 Å². The van der Waals surface area contributed by atoms with Gasteiger partial charge in [0.2, 0.25) is 11.8 Å². The summed E-state index contributed by atoms with van der Waals surface area (Å²) in [5.74, 6) is 0.254. The molecular weight excluding hydrogens is 180 g/mol. The summed E-state index contributed by atoms with van der Waals surface area (Å²) in [6.07, 6.45) is 0.546. The molecule has 0 aliphatic carbocycles. The van der Waals surface area contributed by atoms with E-state index in [1.54, 1.807) is 4.90 Å². The largest absolute Gasteiger partial charge is 0.350 e. The van der Waals surface area contributed by atoms with Crippen molar-refractivity contribution in [2.45, 2.75) is 33.2 Å². The average Bonchev–Trinajstić information content (AvgIpc) is 2.08. The first-order chi connectivity index (χ1) is 6.54. The Balaban J connectivity index is 2.22. The minimum absolute atomic E-state index is 0.0194. The zero-order valence-electron chi connectivity index (χ0n) is 9.04. The van der Waals surface area contributed by atoms with E-state index in [4.69, 9.17) is 0 Å². The van der Waals surface area contributed by atoms with Gasteiger partial charge in [-0.05, 0) is 0 Å².